The Bertz CT molecular complexity index is 733. The van der Waals surface area contributed by atoms with E-state index in [2.05, 4.69) is 4.99 Å². The average molecular weight is 359 g/mol. The second-order valence-corrected chi connectivity index (χ2v) is 5.95. The van der Waals surface area contributed by atoms with Gasteiger partial charge in [-0.15, -0.1) is 0 Å². The first-order valence-corrected chi connectivity index (χ1v) is 8.68. The van der Waals surface area contributed by atoms with Crippen LogP contribution in [0.5, 0.6) is 5.75 Å². The lowest BCUT2D eigenvalue weighted by molar-refractivity contribution is -0.146. The van der Waals surface area contributed by atoms with E-state index in [1.165, 1.54) is 0 Å². The van der Waals surface area contributed by atoms with E-state index in [9.17, 15) is 9.59 Å². The number of nitrogens with zero attached hydrogens (tertiary/aromatic N) is 1. The molecule has 0 N–H and O–H groups in total. The summed E-state index contributed by atoms with van der Waals surface area (Å²) in [4.78, 5) is 29.7. The van der Waals surface area contributed by atoms with Crippen molar-refractivity contribution < 1.29 is 23.8 Å². The maximum Gasteiger partial charge on any atom is 0.336 e. The highest BCUT2D eigenvalue weighted by molar-refractivity contribution is 6.07. The molecular weight excluding hydrogens is 334 g/mol. The molecule has 0 aliphatic carbocycles. The van der Waals surface area contributed by atoms with Gasteiger partial charge in [0.1, 0.15) is 11.7 Å². The summed E-state index contributed by atoms with van der Waals surface area (Å²) >= 11 is 0. The number of rotatable bonds is 6. The maximum atomic E-state index is 12.6. The number of aliphatic imine (C=N–C) groups is 1. The van der Waals surface area contributed by atoms with Gasteiger partial charge in [-0.1, -0.05) is 12.1 Å². The lowest BCUT2D eigenvalue weighted by Gasteiger charge is -2.31. The van der Waals surface area contributed by atoms with Crippen LogP contribution in [0.4, 0.5) is 0 Å². The molecule has 2 rings (SSSR count). The predicted molar refractivity (Wildman–Crippen MR) is 98.3 cm³/mol. The molecule has 26 heavy (non-hydrogen) atoms. The summed E-state index contributed by atoms with van der Waals surface area (Å²) in [6, 6.07) is 7.30. The summed E-state index contributed by atoms with van der Waals surface area (Å²) in [7, 11) is 1.59. The van der Waals surface area contributed by atoms with Gasteiger partial charge < -0.3 is 14.2 Å². The molecule has 6 heteroatoms. The molecule has 0 fully saturated rings. The SMILES string of the molecule is CCOC(=O)C1=C(C)N=C(C)C(C(=O)OCC)C1c1ccc(OC)cc1. The lowest BCUT2D eigenvalue weighted by atomic mass is 9.75. The van der Waals surface area contributed by atoms with E-state index in [0.29, 0.717) is 22.7 Å². The minimum absolute atomic E-state index is 0.248. The first kappa shape index (κ1) is 19.7. The van der Waals surface area contributed by atoms with Gasteiger partial charge in [-0.05, 0) is 45.4 Å². The summed E-state index contributed by atoms with van der Waals surface area (Å²) in [5.41, 5.74) is 2.37. The Balaban J connectivity index is 2.59. The van der Waals surface area contributed by atoms with Crippen molar-refractivity contribution in [2.75, 3.05) is 20.3 Å². The van der Waals surface area contributed by atoms with Gasteiger partial charge >= 0.3 is 11.9 Å². The number of hydrogen-bond acceptors (Lipinski definition) is 6. The van der Waals surface area contributed by atoms with E-state index in [1.807, 2.05) is 12.1 Å². The van der Waals surface area contributed by atoms with E-state index in [4.69, 9.17) is 14.2 Å². The van der Waals surface area contributed by atoms with Crippen LogP contribution in [0.1, 0.15) is 39.2 Å². The number of ether oxygens (including phenoxy) is 3. The molecule has 0 saturated heterocycles. The average Bonchev–Trinajstić information content (AvgIpc) is 2.61. The number of carbonyl (C=O) groups is 2. The number of esters is 2. The van der Waals surface area contributed by atoms with Crippen molar-refractivity contribution in [1.82, 2.24) is 0 Å². The second kappa shape index (κ2) is 8.65. The fraction of sp³-hybridized carbons (Fsp3) is 0.450. The van der Waals surface area contributed by atoms with Crippen LogP contribution >= 0.6 is 0 Å². The highest BCUT2D eigenvalue weighted by atomic mass is 16.5. The Labute approximate surface area is 153 Å². The van der Waals surface area contributed by atoms with Crippen LogP contribution in [0.25, 0.3) is 0 Å². The third-order valence-corrected chi connectivity index (χ3v) is 4.34. The number of allylic oxidation sites excluding steroid dienone is 1. The summed E-state index contributed by atoms with van der Waals surface area (Å²) in [5, 5.41) is 0. The van der Waals surface area contributed by atoms with Crippen LogP contribution in [0.15, 0.2) is 40.5 Å². The van der Waals surface area contributed by atoms with Crippen molar-refractivity contribution >= 4 is 17.7 Å². The van der Waals surface area contributed by atoms with E-state index >= 15 is 0 Å². The van der Waals surface area contributed by atoms with E-state index in [1.54, 1.807) is 46.9 Å². The molecule has 2 unspecified atom stereocenters. The number of methoxy groups -OCH3 is 1. The van der Waals surface area contributed by atoms with Crippen molar-refractivity contribution in [2.45, 2.75) is 33.6 Å². The van der Waals surface area contributed by atoms with E-state index in [-0.39, 0.29) is 13.2 Å². The van der Waals surface area contributed by atoms with Crippen molar-refractivity contribution in [3.63, 3.8) is 0 Å². The van der Waals surface area contributed by atoms with Crippen LogP contribution in [-0.2, 0) is 19.1 Å². The zero-order chi connectivity index (χ0) is 19.3. The Morgan fingerprint density at radius 1 is 1.04 bits per heavy atom. The standard InChI is InChI=1S/C20H25NO5/c1-6-25-19(22)16-12(3)21-13(4)17(20(23)26-7-2)18(16)14-8-10-15(24-5)11-9-14/h8-11,16,18H,6-7H2,1-5H3. The van der Waals surface area contributed by atoms with E-state index in [0.717, 1.165) is 5.56 Å². The molecule has 1 heterocycles. The second-order valence-electron chi connectivity index (χ2n) is 5.95. The molecule has 140 valence electrons. The summed E-state index contributed by atoms with van der Waals surface area (Å²) in [5.74, 6) is -1.36. The van der Waals surface area contributed by atoms with Crippen LogP contribution in [-0.4, -0.2) is 38.0 Å². The fourth-order valence-corrected chi connectivity index (χ4v) is 3.22. The third-order valence-electron chi connectivity index (χ3n) is 4.34. The number of hydrogen-bond donors (Lipinski definition) is 0. The largest absolute Gasteiger partial charge is 0.497 e. The normalized spacial score (nSPS) is 19.7. The van der Waals surface area contributed by atoms with Gasteiger partial charge in [-0.2, -0.15) is 0 Å². The minimum Gasteiger partial charge on any atom is -0.497 e. The highest BCUT2D eigenvalue weighted by Gasteiger charge is 2.42. The topological polar surface area (TPSA) is 74.2 Å². The Morgan fingerprint density at radius 3 is 2.19 bits per heavy atom. The van der Waals surface area contributed by atoms with Gasteiger partial charge in [-0.25, -0.2) is 4.79 Å². The van der Waals surface area contributed by atoms with Gasteiger partial charge in [0.25, 0.3) is 0 Å². The Hall–Kier alpha value is -2.63. The molecule has 0 bridgehead atoms. The fourth-order valence-electron chi connectivity index (χ4n) is 3.22. The molecule has 1 aromatic carbocycles. The van der Waals surface area contributed by atoms with Crippen molar-refractivity contribution in [1.29, 1.82) is 0 Å². The van der Waals surface area contributed by atoms with Gasteiger partial charge in [0.15, 0.2) is 0 Å². The zero-order valence-electron chi connectivity index (χ0n) is 15.9. The summed E-state index contributed by atoms with van der Waals surface area (Å²) in [6.07, 6.45) is 0. The molecular formula is C20H25NO5. The summed E-state index contributed by atoms with van der Waals surface area (Å²) in [6.45, 7) is 7.55. The summed E-state index contributed by atoms with van der Waals surface area (Å²) < 4.78 is 15.7. The highest BCUT2D eigenvalue weighted by Crippen LogP contribution is 2.40. The molecule has 0 radical (unpaired) electrons. The maximum absolute atomic E-state index is 12.6. The van der Waals surface area contributed by atoms with Crippen LogP contribution in [0.2, 0.25) is 0 Å². The first-order valence-electron chi connectivity index (χ1n) is 8.68. The van der Waals surface area contributed by atoms with Crippen LogP contribution < -0.4 is 4.74 Å². The Kier molecular flexibility index (Phi) is 6.55. The molecule has 2 atom stereocenters. The smallest absolute Gasteiger partial charge is 0.336 e. The molecule has 0 spiro atoms. The van der Waals surface area contributed by atoms with Crippen molar-refractivity contribution in [3.05, 3.63) is 41.1 Å². The Morgan fingerprint density at radius 2 is 1.65 bits per heavy atom. The van der Waals surface area contributed by atoms with E-state index < -0.39 is 23.8 Å². The molecule has 1 aliphatic heterocycles. The van der Waals surface area contributed by atoms with Crippen molar-refractivity contribution in [3.8, 4) is 5.75 Å². The van der Waals surface area contributed by atoms with Crippen molar-refractivity contribution in [2.24, 2.45) is 10.9 Å². The van der Waals surface area contributed by atoms with Gasteiger partial charge in [-0.3, -0.25) is 9.79 Å². The minimum atomic E-state index is -0.675. The number of carbonyl (C=O) groups excluding carboxylic acids is 2. The molecule has 6 nitrogen and oxygen atoms in total. The number of benzene rings is 1. The third kappa shape index (κ3) is 3.95. The molecule has 0 saturated carbocycles. The molecule has 0 aromatic heterocycles. The van der Waals surface area contributed by atoms with Gasteiger partial charge in [0.2, 0.25) is 0 Å². The first-order chi connectivity index (χ1) is 12.4. The predicted octanol–water partition coefficient (Wildman–Crippen LogP) is 3.27. The van der Waals surface area contributed by atoms with Crippen LogP contribution in [0, 0.1) is 5.92 Å². The monoisotopic (exact) mass is 359 g/mol. The molecule has 1 aliphatic rings. The lowest BCUT2D eigenvalue weighted by Crippen LogP contribution is -2.36. The van der Waals surface area contributed by atoms with Crippen LogP contribution in [0.3, 0.4) is 0 Å². The molecule has 0 amide bonds. The van der Waals surface area contributed by atoms with Gasteiger partial charge in [0, 0.05) is 17.3 Å². The molecule has 1 aromatic rings. The van der Waals surface area contributed by atoms with Gasteiger partial charge in [0.05, 0.1) is 25.9 Å². The quantitative estimate of drug-likeness (QED) is 0.729. The zero-order valence-corrected chi connectivity index (χ0v) is 15.9.